The van der Waals surface area contributed by atoms with E-state index in [1.54, 1.807) is 0 Å². The molecule has 0 aromatic rings. The van der Waals surface area contributed by atoms with Crippen molar-refractivity contribution in [3.8, 4) is 0 Å². The lowest BCUT2D eigenvalue weighted by atomic mass is 10.3. The first-order valence-electron chi connectivity index (χ1n) is 5.60. The van der Waals surface area contributed by atoms with Crippen molar-refractivity contribution >= 4 is 29.5 Å². The van der Waals surface area contributed by atoms with Gasteiger partial charge >= 0.3 is 5.51 Å². The number of hydrogen-bond acceptors (Lipinski definition) is 4. The number of thioether (sulfide) groups is 1. The van der Waals surface area contributed by atoms with E-state index >= 15 is 0 Å². The summed E-state index contributed by atoms with van der Waals surface area (Å²) in [6.07, 6.45) is 0.222. The van der Waals surface area contributed by atoms with E-state index in [4.69, 9.17) is 0 Å². The van der Waals surface area contributed by atoms with Gasteiger partial charge in [0.05, 0.1) is 0 Å². The predicted molar refractivity (Wildman–Crippen MR) is 62.1 cm³/mol. The molecule has 1 N–H and O–H groups in total. The lowest BCUT2D eigenvalue weighted by Gasteiger charge is -2.13. The zero-order chi connectivity index (χ0) is 14.5. The monoisotopic (exact) mass is 298 g/mol. The summed E-state index contributed by atoms with van der Waals surface area (Å²) in [5.41, 5.74) is -4.31. The van der Waals surface area contributed by atoms with Gasteiger partial charge in [-0.05, 0) is 11.8 Å². The Bertz CT molecular complexity index is 358. The van der Waals surface area contributed by atoms with Gasteiger partial charge in [0.15, 0.2) is 0 Å². The van der Waals surface area contributed by atoms with Crippen molar-refractivity contribution in [3.63, 3.8) is 0 Å². The Hall–Kier alpha value is -1.25. The summed E-state index contributed by atoms with van der Waals surface area (Å²) in [4.78, 5) is 34.7. The van der Waals surface area contributed by atoms with E-state index in [1.165, 1.54) is 0 Å². The topological polar surface area (TPSA) is 66.5 Å². The SMILES string of the molecule is O=C(CCN1C(=O)CCC1=O)NCCSC(F)(F)F. The number of imide groups is 1. The summed E-state index contributed by atoms with van der Waals surface area (Å²) in [5.74, 6) is -1.37. The molecule has 0 bridgehead atoms. The molecule has 0 unspecified atom stereocenters. The summed E-state index contributed by atoms with van der Waals surface area (Å²) in [7, 11) is 0. The zero-order valence-corrected chi connectivity index (χ0v) is 10.8. The number of hydrogen-bond donors (Lipinski definition) is 1. The molecular weight excluding hydrogens is 285 g/mol. The minimum absolute atomic E-state index is 0.0179. The number of carbonyl (C=O) groups is 3. The van der Waals surface area contributed by atoms with Crippen LogP contribution in [0.1, 0.15) is 19.3 Å². The fourth-order valence-corrected chi connectivity index (χ4v) is 1.97. The molecule has 5 nitrogen and oxygen atoms in total. The first kappa shape index (κ1) is 15.8. The molecule has 3 amide bonds. The van der Waals surface area contributed by atoms with Gasteiger partial charge in [-0.25, -0.2) is 0 Å². The van der Waals surface area contributed by atoms with Gasteiger partial charge in [-0.1, -0.05) is 0 Å². The molecule has 0 aromatic heterocycles. The maximum Gasteiger partial charge on any atom is 0.441 e. The molecule has 108 valence electrons. The fourth-order valence-electron chi connectivity index (χ4n) is 1.53. The van der Waals surface area contributed by atoms with E-state index in [0.717, 1.165) is 4.90 Å². The van der Waals surface area contributed by atoms with Crippen LogP contribution in [0.2, 0.25) is 0 Å². The van der Waals surface area contributed by atoms with Crippen LogP contribution in [-0.2, 0) is 14.4 Å². The lowest BCUT2D eigenvalue weighted by Crippen LogP contribution is -2.34. The van der Waals surface area contributed by atoms with Crippen molar-refractivity contribution in [3.05, 3.63) is 0 Å². The quantitative estimate of drug-likeness (QED) is 0.584. The van der Waals surface area contributed by atoms with Crippen molar-refractivity contribution in [2.45, 2.75) is 24.8 Å². The van der Waals surface area contributed by atoms with Crippen LogP contribution in [0.25, 0.3) is 0 Å². The summed E-state index contributed by atoms with van der Waals surface area (Å²) in [6.45, 7) is -0.124. The Morgan fingerprint density at radius 3 is 2.37 bits per heavy atom. The number of amides is 3. The Kier molecular flexibility index (Phi) is 5.64. The molecule has 1 aliphatic heterocycles. The normalized spacial score (nSPS) is 16.1. The van der Waals surface area contributed by atoms with Gasteiger partial charge in [0.25, 0.3) is 0 Å². The smallest absolute Gasteiger partial charge is 0.355 e. The molecule has 0 aliphatic carbocycles. The van der Waals surface area contributed by atoms with Gasteiger partial charge in [0.1, 0.15) is 0 Å². The average molecular weight is 298 g/mol. The average Bonchev–Trinajstić information content (AvgIpc) is 2.61. The standard InChI is InChI=1S/C10H13F3N2O3S/c11-10(12,13)19-6-4-14-7(16)3-5-15-8(17)1-2-9(15)18/h1-6H2,(H,14,16). The van der Waals surface area contributed by atoms with E-state index in [1.807, 2.05) is 0 Å². The predicted octanol–water partition coefficient (Wildman–Crippen LogP) is 0.895. The number of rotatable bonds is 6. The number of halogens is 3. The molecule has 1 aliphatic rings. The van der Waals surface area contributed by atoms with Crippen LogP contribution < -0.4 is 5.32 Å². The van der Waals surface area contributed by atoms with Gasteiger partial charge in [-0.2, -0.15) is 13.2 Å². The fraction of sp³-hybridized carbons (Fsp3) is 0.700. The van der Waals surface area contributed by atoms with E-state index in [0.29, 0.717) is 0 Å². The second-order valence-electron chi connectivity index (χ2n) is 3.83. The van der Waals surface area contributed by atoms with Gasteiger partial charge in [-0.15, -0.1) is 0 Å². The molecule has 9 heteroatoms. The molecule has 1 rings (SSSR count). The highest BCUT2D eigenvalue weighted by Gasteiger charge is 2.29. The number of carbonyl (C=O) groups excluding carboxylic acids is 3. The first-order valence-corrected chi connectivity index (χ1v) is 6.59. The molecule has 1 saturated heterocycles. The molecule has 19 heavy (non-hydrogen) atoms. The minimum atomic E-state index is -4.31. The van der Waals surface area contributed by atoms with E-state index < -0.39 is 11.4 Å². The highest BCUT2D eigenvalue weighted by molar-refractivity contribution is 8.00. The Labute approximate surface area is 111 Å². The molecule has 1 heterocycles. The molecule has 0 radical (unpaired) electrons. The summed E-state index contributed by atoms with van der Waals surface area (Å²) < 4.78 is 35.4. The van der Waals surface area contributed by atoms with Crippen LogP contribution in [0.4, 0.5) is 13.2 Å². The lowest BCUT2D eigenvalue weighted by molar-refractivity contribution is -0.138. The molecular formula is C10H13F3N2O3S. The third-order valence-corrected chi connectivity index (χ3v) is 3.14. The van der Waals surface area contributed by atoms with Crippen molar-refractivity contribution in [1.82, 2.24) is 10.2 Å². The van der Waals surface area contributed by atoms with Crippen LogP contribution in [0.3, 0.4) is 0 Å². The van der Waals surface area contributed by atoms with Crippen molar-refractivity contribution in [2.75, 3.05) is 18.8 Å². The van der Waals surface area contributed by atoms with Crippen molar-refractivity contribution in [1.29, 1.82) is 0 Å². The van der Waals surface area contributed by atoms with Crippen LogP contribution >= 0.6 is 11.8 Å². The summed E-state index contributed by atoms with van der Waals surface area (Å²) in [5, 5.41) is 2.30. The van der Waals surface area contributed by atoms with E-state index in [9.17, 15) is 27.6 Å². The third-order valence-electron chi connectivity index (χ3n) is 2.41. The highest BCUT2D eigenvalue weighted by Crippen LogP contribution is 2.29. The number of nitrogens with one attached hydrogen (secondary N) is 1. The number of alkyl halides is 3. The van der Waals surface area contributed by atoms with Gasteiger partial charge in [0, 0.05) is 38.1 Å². The minimum Gasteiger partial charge on any atom is -0.355 e. The molecule has 0 atom stereocenters. The second kappa shape index (κ2) is 6.78. The molecule has 0 aromatic carbocycles. The molecule has 1 fully saturated rings. The summed E-state index contributed by atoms with van der Waals surface area (Å²) in [6, 6.07) is 0. The third kappa shape index (κ3) is 5.95. The Morgan fingerprint density at radius 1 is 1.26 bits per heavy atom. The van der Waals surface area contributed by atoms with Crippen molar-refractivity contribution < 1.29 is 27.6 Å². The van der Waals surface area contributed by atoms with Crippen LogP contribution in [0, 0.1) is 0 Å². The first-order chi connectivity index (χ1) is 8.79. The largest absolute Gasteiger partial charge is 0.441 e. The number of likely N-dealkylation sites (tertiary alicyclic amines) is 1. The van der Waals surface area contributed by atoms with Crippen LogP contribution in [-0.4, -0.2) is 47.0 Å². The maximum atomic E-state index is 11.8. The van der Waals surface area contributed by atoms with E-state index in [2.05, 4.69) is 5.32 Å². The number of nitrogens with zero attached hydrogens (tertiary/aromatic N) is 1. The molecule has 0 spiro atoms. The zero-order valence-electron chi connectivity index (χ0n) is 9.96. The highest BCUT2D eigenvalue weighted by atomic mass is 32.2. The van der Waals surface area contributed by atoms with Crippen LogP contribution in [0.5, 0.6) is 0 Å². The maximum absolute atomic E-state index is 11.8. The summed E-state index contributed by atoms with van der Waals surface area (Å²) >= 11 is -0.214. The Balaban J connectivity index is 2.15. The van der Waals surface area contributed by atoms with Gasteiger partial charge in [-0.3, -0.25) is 19.3 Å². The Morgan fingerprint density at radius 2 is 1.84 bits per heavy atom. The van der Waals surface area contributed by atoms with E-state index in [-0.39, 0.29) is 61.7 Å². The van der Waals surface area contributed by atoms with Gasteiger partial charge < -0.3 is 5.32 Å². The second-order valence-corrected chi connectivity index (χ2v) is 4.99. The van der Waals surface area contributed by atoms with Crippen molar-refractivity contribution in [2.24, 2.45) is 0 Å². The van der Waals surface area contributed by atoms with Gasteiger partial charge in [0.2, 0.25) is 17.7 Å². The molecule has 0 saturated carbocycles. The van der Waals surface area contributed by atoms with Crippen LogP contribution in [0.15, 0.2) is 0 Å².